The molecule has 0 spiro atoms. The third-order valence-electron chi connectivity index (χ3n) is 3.99. The zero-order chi connectivity index (χ0) is 20.3. The fourth-order valence-electron chi connectivity index (χ4n) is 2.72. The first kappa shape index (κ1) is 19.5. The van der Waals surface area contributed by atoms with Gasteiger partial charge >= 0.3 is 0 Å². The van der Waals surface area contributed by atoms with Crippen molar-refractivity contribution < 1.29 is 23.5 Å². The van der Waals surface area contributed by atoms with Crippen molar-refractivity contribution in [3.63, 3.8) is 0 Å². The first-order chi connectivity index (χ1) is 13.5. The van der Waals surface area contributed by atoms with E-state index in [2.05, 4.69) is 5.32 Å². The van der Waals surface area contributed by atoms with Crippen LogP contribution in [0.1, 0.15) is 12.5 Å². The zero-order valence-electron chi connectivity index (χ0n) is 15.2. The van der Waals surface area contributed by atoms with Crippen LogP contribution in [0.15, 0.2) is 48.0 Å². The lowest BCUT2D eigenvalue weighted by atomic mass is 10.1. The van der Waals surface area contributed by atoms with Crippen LogP contribution in [0.25, 0.3) is 6.08 Å². The highest BCUT2D eigenvalue weighted by Gasteiger charge is 2.35. The number of hydrogen-bond acceptors (Lipinski definition) is 5. The minimum absolute atomic E-state index is 0.0346. The van der Waals surface area contributed by atoms with Crippen LogP contribution in [-0.4, -0.2) is 30.6 Å². The maximum Gasteiger partial charge on any atom is 0.270 e. The molecule has 0 unspecified atom stereocenters. The molecule has 1 N–H and O–H groups in total. The highest BCUT2D eigenvalue weighted by Crippen LogP contribution is 2.30. The number of ether oxygens (including phenoxy) is 2. The second-order valence-electron chi connectivity index (χ2n) is 5.75. The standard InChI is InChI=1S/C20H17FN2O4S/c1-3-27-16-9-8-12(11-17(16)26-2)10-13-18(24)22-20(28)23(19(13)25)15-7-5-4-6-14(15)21/h4-11H,3H2,1-2H3,(H,22,24,28)/b13-10+. The Morgan fingerprint density at radius 3 is 2.61 bits per heavy atom. The van der Waals surface area contributed by atoms with Crippen LogP contribution in [0.3, 0.4) is 0 Å². The number of thiocarbonyl (C=S) groups is 1. The van der Waals surface area contributed by atoms with Gasteiger partial charge in [0.1, 0.15) is 11.4 Å². The van der Waals surface area contributed by atoms with Crippen molar-refractivity contribution in [1.82, 2.24) is 5.32 Å². The van der Waals surface area contributed by atoms with Crippen LogP contribution in [0.5, 0.6) is 11.5 Å². The first-order valence-corrected chi connectivity index (χ1v) is 8.84. The van der Waals surface area contributed by atoms with Crippen LogP contribution in [0.4, 0.5) is 10.1 Å². The molecule has 1 aliphatic heterocycles. The predicted octanol–water partition coefficient (Wildman–Crippen LogP) is 3.06. The van der Waals surface area contributed by atoms with Gasteiger partial charge in [0.25, 0.3) is 11.8 Å². The molecule has 8 heteroatoms. The molecule has 3 rings (SSSR count). The van der Waals surface area contributed by atoms with Gasteiger partial charge in [0.15, 0.2) is 16.6 Å². The quantitative estimate of drug-likeness (QED) is 0.475. The number of para-hydroxylation sites is 1. The Kier molecular flexibility index (Phi) is 5.70. The number of carbonyl (C=O) groups excluding carboxylic acids is 2. The van der Waals surface area contributed by atoms with Crippen molar-refractivity contribution in [1.29, 1.82) is 0 Å². The molecule has 0 saturated carbocycles. The summed E-state index contributed by atoms with van der Waals surface area (Å²) in [6.45, 7) is 2.31. The number of hydrogen-bond donors (Lipinski definition) is 1. The number of nitrogens with zero attached hydrogens (tertiary/aromatic N) is 1. The fourth-order valence-corrected chi connectivity index (χ4v) is 3.00. The second-order valence-corrected chi connectivity index (χ2v) is 6.14. The molecule has 0 aromatic heterocycles. The van der Waals surface area contributed by atoms with Gasteiger partial charge in [0.05, 0.1) is 19.4 Å². The van der Waals surface area contributed by atoms with Gasteiger partial charge < -0.3 is 9.47 Å². The topological polar surface area (TPSA) is 67.9 Å². The fraction of sp³-hybridized carbons (Fsp3) is 0.150. The monoisotopic (exact) mass is 400 g/mol. The first-order valence-electron chi connectivity index (χ1n) is 8.43. The third-order valence-corrected chi connectivity index (χ3v) is 4.28. The van der Waals surface area contributed by atoms with Crippen LogP contribution >= 0.6 is 12.2 Å². The molecule has 2 amide bonds. The normalized spacial score (nSPS) is 15.6. The molecule has 1 fully saturated rings. The zero-order valence-corrected chi connectivity index (χ0v) is 16.0. The summed E-state index contributed by atoms with van der Waals surface area (Å²) < 4.78 is 24.9. The summed E-state index contributed by atoms with van der Waals surface area (Å²) in [7, 11) is 1.49. The number of anilines is 1. The van der Waals surface area contributed by atoms with E-state index in [1.54, 1.807) is 24.3 Å². The summed E-state index contributed by atoms with van der Waals surface area (Å²) in [4.78, 5) is 26.2. The second kappa shape index (κ2) is 8.18. The summed E-state index contributed by atoms with van der Waals surface area (Å²) >= 11 is 5.07. The smallest absolute Gasteiger partial charge is 0.270 e. The van der Waals surface area contributed by atoms with E-state index in [4.69, 9.17) is 21.7 Å². The number of halogens is 1. The molecule has 144 valence electrons. The van der Waals surface area contributed by atoms with Crippen LogP contribution < -0.4 is 19.7 Å². The summed E-state index contributed by atoms with van der Waals surface area (Å²) in [5.41, 5.74) is 0.329. The highest BCUT2D eigenvalue weighted by molar-refractivity contribution is 7.80. The maximum atomic E-state index is 14.2. The Morgan fingerprint density at radius 1 is 1.18 bits per heavy atom. The van der Waals surface area contributed by atoms with Crippen molar-refractivity contribution in [3.8, 4) is 11.5 Å². The molecule has 28 heavy (non-hydrogen) atoms. The molecule has 2 aromatic rings. The molecule has 0 atom stereocenters. The van der Waals surface area contributed by atoms with Gasteiger partial charge in [-0.2, -0.15) is 0 Å². The van der Waals surface area contributed by atoms with Crippen molar-refractivity contribution in [2.45, 2.75) is 6.92 Å². The number of amides is 2. The van der Waals surface area contributed by atoms with Gasteiger partial charge in [0, 0.05) is 0 Å². The van der Waals surface area contributed by atoms with E-state index in [0.717, 1.165) is 4.90 Å². The summed E-state index contributed by atoms with van der Waals surface area (Å²) in [6.07, 6.45) is 1.39. The lowest BCUT2D eigenvalue weighted by molar-refractivity contribution is -0.122. The van der Waals surface area contributed by atoms with Crippen LogP contribution in [-0.2, 0) is 9.59 Å². The molecule has 0 radical (unpaired) electrons. The average molecular weight is 400 g/mol. The predicted molar refractivity (Wildman–Crippen MR) is 107 cm³/mol. The molecule has 0 aliphatic carbocycles. The molecule has 6 nitrogen and oxygen atoms in total. The molecule has 1 saturated heterocycles. The Balaban J connectivity index is 2.01. The summed E-state index contributed by atoms with van der Waals surface area (Å²) in [6, 6.07) is 10.7. The average Bonchev–Trinajstić information content (AvgIpc) is 2.67. The van der Waals surface area contributed by atoms with Gasteiger partial charge in [0.2, 0.25) is 0 Å². The van der Waals surface area contributed by atoms with E-state index in [-0.39, 0.29) is 16.4 Å². The van der Waals surface area contributed by atoms with E-state index < -0.39 is 17.6 Å². The minimum atomic E-state index is -0.716. The van der Waals surface area contributed by atoms with Crippen LogP contribution in [0.2, 0.25) is 0 Å². The van der Waals surface area contributed by atoms with Gasteiger partial charge in [-0.05, 0) is 55.0 Å². The van der Waals surface area contributed by atoms with E-state index >= 15 is 0 Å². The van der Waals surface area contributed by atoms with E-state index in [0.29, 0.717) is 23.7 Å². The summed E-state index contributed by atoms with van der Waals surface area (Å²) in [5, 5.41) is 2.24. The third kappa shape index (κ3) is 3.72. The van der Waals surface area contributed by atoms with E-state index in [9.17, 15) is 14.0 Å². The molecular formula is C20H17FN2O4S. The number of benzene rings is 2. The lowest BCUT2D eigenvalue weighted by Crippen LogP contribution is -2.54. The van der Waals surface area contributed by atoms with Crippen molar-refractivity contribution in [2.75, 3.05) is 18.6 Å². The Labute approximate surface area is 166 Å². The SMILES string of the molecule is CCOc1ccc(/C=C2\C(=O)NC(=S)N(c3ccccc3F)C2=O)cc1OC. The molecule has 1 heterocycles. The molecule has 0 bridgehead atoms. The van der Waals surface area contributed by atoms with Gasteiger partial charge in [-0.3, -0.25) is 14.9 Å². The maximum absolute atomic E-state index is 14.2. The van der Waals surface area contributed by atoms with E-state index in [1.165, 1.54) is 31.4 Å². The van der Waals surface area contributed by atoms with Gasteiger partial charge in [-0.25, -0.2) is 9.29 Å². The molecular weight excluding hydrogens is 383 g/mol. The van der Waals surface area contributed by atoms with Crippen LogP contribution in [0, 0.1) is 5.82 Å². The Hall–Kier alpha value is -3.26. The lowest BCUT2D eigenvalue weighted by Gasteiger charge is -2.29. The summed E-state index contributed by atoms with van der Waals surface area (Å²) in [5.74, 6) is -0.999. The molecule has 1 aliphatic rings. The van der Waals surface area contributed by atoms with Crippen molar-refractivity contribution in [3.05, 3.63) is 59.4 Å². The van der Waals surface area contributed by atoms with E-state index in [1.807, 2.05) is 6.92 Å². The van der Waals surface area contributed by atoms with Crippen molar-refractivity contribution in [2.24, 2.45) is 0 Å². The highest BCUT2D eigenvalue weighted by atomic mass is 32.1. The Morgan fingerprint density at radius 2 is 1.93 bits per heavy atom. The number of rotatable bonds is 5. The Bertz CT molecular complexity index is 990. The number of carbonyl (C=O) groups is 2. The number of nitrogens with one attached hydrogen (secondary N) is 1. The largest absolute Gasteiger partial charge is 0.493 e. The van der Waals surface area contributed by atoms with Gasteiger partial charge in [-0.15, -0.1) is 0 Å². The number of methoxy groups -OCH3 is 1. The minimum Gasteiger partial charge on any atom is -0.493 e. The van der Waals surface area contributed by atoms with Gasteiger partial charge in [-0.1, -0.05) is 18.2 Å². The molecule has 2 aromatic carbocycles. The van der Waals surface area contributed by atoms with Crippen molar-refractivity contribution >= 4 is 40.9 Å².